The number of rotatable bonds is 14. The van der Waals surface area contributed by atoms with Gasteiger partial charge >= 0.3 is 12.1 Å². The topological polar surface area (TPSA) is 348 Å². The maximum Gasteiger partial charge on any atom is 0.407 e. The number of ketones is 1. The number of carbonyl (C=O) groups excluding carboxylic acids is 3. The van der Waals surface area contributed by atoms with Crippen LogP contribution in [0.5, 0.6) is 0 Å². The van der Waals surface area contributed by atoms with Crippen LogP contribution in [0.25, 0.3) is 0 Å². The zero-order valence-electron chi connectivity index (χ0n) is 55.9. The van der Waals surface area contributed by atoms with Crippen LogP contribution in [0.3, 0.4) is 0 Å². The second kappa shape index (κ2) is 28.3. The Labute approximate surface area is 543 Å². The van der Waals surface area contributed by atoms with E-state index in [0.29, 0.717) is 17.6 Å². The van der Waals surface area contributed by atoms with E-state index in [1.54, 1.807) is 53.7 Å². The number of hydrogen-bond acceptors (Lipinski definition) is 24. The first-order valence-electron chi connectivity index (χ1n) is 33.2. The average Bonchev–Trinajstić information content (AvgIpc) is 1.70. The minimum absolute atomic E-state index is 0.00999. The number of amides is 1. The third-order valence-corrected chi connectivity index (χ3v) is 22.3. The Hall–Kier alpha value is -4.33. The van der Waals surface area contributed by atoms with Crippen LogP contribution < -0.4 is 5.32 Å². The number of methoxy groups -OCH3 is 2. The van der Waals surface area contributed by atoms with Gasteiger partial charge in [0.05, 0.1) is 87.3 Å². The van der Waals surface area contributed by atoms with Crippen LogP contribution >= 0.6 is 0 Å². The number of allylic oxidation sites excluding steroid dienone is 3. The van der Waals surface area contributed by atoms with Crippen LogP contribution in [0, 0.1) is 57.0 Å². The second-order valence-corrected chi connectivity index (χ2v) is 28.6. The molecule has 522 valence electrons. The number of nitrogens with one attached hydrogen (secondary N) is 1. The normalized spacial score (nSPS) is 49.1. The Balaban J connectivity index is 0.943. The molecule has 1 spiro atoms. The number of fused-ring (bicyclic) bond motifs is 4. The number of Topliss-reactive ketones (excluding diaryl/α,β-unsaturated/α-hetero) is 1. The van der Waals surface area contributed by atoms with Gasteiger partial charge in [-0.1, -0.05) is 63.6 Å². The van der Waals surface area contributed by atoms with Crippen molar-refractivity contribution < 1.29 is 112 Å². The van der Waals surface area contributed by atoms with E-state index in [1.807, 2.05) is 32.9 Å². The molecule has 7 N–H and O–H groups in total. The standard InChI is InChI=1S/C67H100N2O24/c1-29-15-18-45(88-52-27-65(11,69(79)80)60(38(10)87-52)68-64(78)82-14)30(2)20-40-21-39(28-70)33(5)26-67(40)62(76)53(63(77)93-67)61(75)66(12)42(29)17-16-41-54(66)31(3)19-32(4)57(41)91-51-24-46(56(74)35(7)84-51)89-50-25-47(90-48-22-43(71)55(73)34(6)83-48)59(37(9)86-50)92-49-23-44(72)58(81-13)36(8)85-49/h15-17,20-21,31-38,40-52,54-60,70-75H,18-19,22-28H2,1-14H3,(H,68,78)/b29-15+,30-20+,61-53?/t31-,32-,33+,34-,35-,36-,37-,38+,40+,41-,42-,43-,44+,45-,46+,47?,48-,49+,50-,51-,52-,54+,55-,56-,57-,58-,59?,60-,65-,66+,67-/m0/s1. The average molecular weight is 1320 g/mol. The lowest BCUT2D eigenvalue weighted by atomic mass is 9.49. The first-order valence-corrected chi connectivity index (χ1v) is 33.2. The van der Waals surface area contributed by atoms with E-state index in [0.717, 1.165) is 12.7 Å². The fourth-order valence-corrected chi connectivity index (χ4v) is 17.2. The highest BCUT2D eigenvalue weighted by Gasteiger charge is 2.64. The van der Waals surface area contributed by atoms with Gasteiger partial charge in [-0.25, -0.2) is 9.59 Å². The van der Waals surface area contributed by atoms with E-state index < -0.39 is 209 Å². The summed E-state index contributed by atoms with van der Waals surface area (Å²) < 4.78 is 82.0. The first kappa shape index (κ1) is 71.4. The van der Waals surface area contributed by atoms with Crippen LogP contribution in [0.2, 0.25) is 0 Å². The molecule has 0 aromatic heterocycles. The summed E-state index contributed by atoms with van der Waals surface area (Å²) in [5.41, 5.74) is -3.49. The molecule has 0 aromatic carbocycles. The number of nitro groups is 1. The largest absolute Gasteiger partial charge is 0.511 e. The summed E-state index contributed by atoms with van der Waals surface area (Å²) in [5.74, 6) is -5.33. The molecule has 93 heavy (non-hydrogen) atoms. The molecule has 1 amide bonds. The van der Waals surface area contributed by atoms with Crippen LogP contribution in [-0.4, -0.2) is 214 Å². The second-order valence-electron chi connectivity index (χ2n) is 28.6. The van der Waals surface area contributed by atoms with E-state index in [4.69, 9.17) is 61.6 Å². The van der Waals surface area contributed by atoms with E-state index >= 15 is 4.79 Å². The summed E-state index contributed by atoms with van der Waals surface area (Å²) >= 11 is 0. The molecule has 1 saturated carbocycles. The number of nitrogens with zero attached hydrogens (tertiary/aromatic N) is 1. The third kappa shape index (κ3) is 13.7. The molecule has 31 atom stereocenters. The summed E-state index contributed by atoms with van der Waals surface area (Å²) in [6.07, 6.45) is -8.05. The summed E-state index contributed by atoms with van der Waals surface area (Å²) in [5, 5.41) is 83.6. The Kier molecular flexibility index (Phi) is 21.7. The predicted molar refractivity (Wildman–Crippen MR) is 327 cm³/mol. The molecule has 0 aromatic rings. The smallest absolute Gasteiger partial charge is 0.407 e. The van der Waals surface area contributed by atoms with Gasteiger partial charge in [-0.3, -0.25) is 14.9 Å². The summed E-state index contributed by atoms with van der Waals surface area (Å²) in [4.78, 5) is 55.4. The molecular weight excluding hydrogens is 1220 g/mol. The Morgan fingerprint density at radius 2 is 1.28 bits per heavy atom. The van der Waals surface area contributed by atoms with Crippen molar-refractivity contribution in [3.63, 3.8) is 0 Å². The van der Waals surface area contributed by atoms with Gasteiger partial charge in [0.15, 0.2) is 37.1 Å². The van der Waals surface area contributed by atoms with Crippen molar-refractivity contribution in [3.05, 3.63) is 68.5 Å². The number of carbonyl (C=O) groups is 3. The predicted octanol–water partition coefficient (Wildman–Crippen LogP) is 5.45. The quantitative estimate of drug-likeness (QED) is 0.0373. The molecule has 2 unspecified atom stereocenters. The zero-order valence-corrected chi connectivity index (χ0v) is 55.9. The highest BCUT2D eigenvalue weighted by molar-refractivity contribution is 6.26. The van der Waals surface area contributed by atoms with Gasteiger partial charge in [0.25, 0.3) is 0 Å². The van der Waals surface area contributed by atoms with Gasteiger partial charge < -0.3 is 97.5 Å². The molecule has 26 nitrogen and oxygen atoms in total. The molecule has 0 radical (unpaired) electrons. The number of esters is 1. The summed E-state index contributed by atoms with van der Waals surface area (Å²) in [6, 6.07) is -1.09. The summed E-state index contributed by atoms with van der Waals surface area (Å²) in [7, 11) is 2.66. The summed E-state index contributed by atoms with van der Waals surface area (Å²) in [6.45, 7) is 21.2. The third-order valence-electron chi connectivity index (χ3n) is 22.3. The molecule has 2 bridgehead atoms. The van der Waals surface area contributed by atoms with E-state index in [9.17, 15) is 50.3 Å². The number of aliphatic hydroxyl groups is 6. The maximum absolute atomic E-state index is 15.7. The maximum atomic E-state index is 15.7. The molecule has 6 saturated heterocycles. The Morgan fingerprint density at radius 3 is 1.92 bits per heavy atom. The molecule has 10 aliphatic rings. The van der Waals surface area contributed by atoms with Gasteiger partial charge in [-0.15, -0.1) is 0 Å². The Bertz CT molecular complexity index is 2880. The fraction of sp³-hybridized carbons (Fsp3) is 0.806. The molecule has 4 aliphatic carbocycles. The highest BCUT2D eigenvalue weighted by Crippen LogP contribution is 2.61. The van der Waals surface area contributed by atoms with Crippen LogP contribution in [0.4, 0.5) is 4.79 Å². The van der Waals surface area contributed by atoms with Crippen LogP contribution in [-0.2, 0) is 71.2 Å². The van der Waals surface area contributed by atoms with Gasteiger partial charge in [0, 0.05) is 74.2 Å². The first-order chi connectivity index (χ1) is 43.9. The number of hydrogen-bond donors (Lipinski definition) is 7. The van der Waals surface area contributed by atoms with Gasteiger partial charge in [-0.05, 0) is 96.1 Å². The zero-order chi connectivity index (χ0) is 67.7. The molecule has 6 aliphatic heterocycles. The minimum atomic E-state index is -1.84. The minimum Gasteiger partial charge on any atom is -0.511 e. The lowest BCUT2D eigenvalue weighted by molar-refractivity contribution is -0.584. The number of alkyl carbamates (subject to hydrolysis) is 1. The van der Waals surface area contributed by atoms with E-state index in [2.05, 4.69) is 25.2 Å². The van der Waals surface area contributed by atoms with Crippen molar-refractivity contribution in [1.82, 2.24) is 5.32 Å². The van der Waals surface area contributed by atoms with Crippen LogP contribution in [0.1, 0.15) is 134 Å². The SMILES string of the molecule is COC(=O)N[C@H]1[C@@H](C)O[C@@H](O[C@H]2C/C=C(\C)[C@@H]3C=C[C@@H]4[C@@H](O[C@H]5C[C@@H](O[C@H]6CC(O[C@H]7C[C@H](O)[C@@H](O)[C@H](C)O7)C(O[C@@H]7C[C@@H](O)[C@@H](OC)[C@H](C)O7)[C@H](C)O6)[C@@H](O)[C@H](C)O5)[C@@H](C)C[C@H](C)[C@H]4[C@]3(C)C(O)=C3C(=O)O[C@]4(C[C@@H](C)C(CO)=C[C@H]4/C=C/2C)C3=O)C[C@]1(C)[N+](=O)[O-]. The van der Waals surface area contributed by atoms with E-state index in [-0.39, 0.29) is 63.4 Å². The number of ether oxygens (including phenoxy) is 13. The van der Waals surface area contributed by atoms with Crippen molar-refractivity contribution in [2.24, 2.45) is 46.8 Å². The van der Waals surface area contributed by atoms with Gasteiger partial charge in [0.1, 0.15) is 41.8 Å². The monoisotopic (exact) mass is 1320 g/mol. The van der Waals surface area contributed by atoms with Crippen molar-refractivity contribution in [2.75, 3.05) is 20.8 Å². The molecule has 7 fully saturated rings. The van der Waals surface area contributed by atoms with Crippen molar-refractivity contribution in [1.29, 1.82) is 0 Å². The van der Waals surface area contributed by atoms with E-state index in [1.165, 1.54) is 14.0 Å². The Morgan fingerprint density at radius 1 is 0.688 bits per heavy atom. The van der Waals surface area contributed by atoms with Gasteiger partial charge in [0.2, 0.25) is 11.3 Å². The van der Waals surface area contributed by atoms with Crippen molar-refractivity contribution >= 4 is 17.8 Å². The van der Waals surface area contributed by atoms with Crippen molar-refractivity contribution in [3.8, 4) is 0 Å². The molecule has 6 heterocycles. The lowest BCUT2D eigenvalue weighted by Gasteiger charge is -2.56. The van der Waals surface area contributed by atoms with Crippen molar-refractivity contribution in [2.45, 2.75) is 275 Å². The highest BCUT2D eigenvalue weighted by atomic mass is 16.8. The number of aliphatic hydroxyl groups excluding tert-OH is 6. The lowest BCUT2D eigenvalue weighted by Crippen LogP contribution is -2.65. The molecule has 26 heteroatoms. The van der Waals surface area contributed by atoms with Crippen LogP contribution in [0.15, 0.2) is 58.4 Å². The van der Waals surface area contributed by atoms with Gasteiger partial charge in [-0.2, -0.15) is 0 Å². The molecular formula is C67H100N2O24. The fourth-order valence-electron chi connectivity index (χ4n) is 17.2. The molecule has 10 rings (SSSR count).